The van der Waals surface area contributed by atoms with Crippen LogP contribution in [0.5, 0.6) is 0 Å². The molecule has 2 unspecified atom stereocenters. The van der Waals surface area contributed by atoms with E-state index in [1.54, 1.807) is 31.2 Å². The van der Waals surface area contributed by atoms with Gasteiger partial charge >= 0.3 is 0 Å². The van der Waals surface area contributed by atoms with Gasteiger partial charge in [0.05, 0.1) is 0 Å². The van der Waals surface area contributed by atoms with E-state index in [0.717, 1.165) is 13.0 Å². The van der Waals surface area contributed by atoms with Crippen LogP contribution in [0, 0.1) is 5.92 Å². The van der Waals surface area contributed by atoms with E-state index in [1.807, 2.05) is 0 Å². The molecule has 1 aliphatic rings. The first-order chi connectivity index (χ1) is 8.03. The van der Waals surface area contributed by atoms with E-state index >= 15 is 0 Å². The first-order valence-corrected chi connectivity index (χ1v) is 6.03. The molecule has 0 amide bonds. The topological polar surface area (TPSA) is 29.1 Å². The molecular weight excluding hydrogens is 217 g/mol. The zero-order valence-electron chi connectivity index (χ0n) is 10.3. The van der Waals surface area contributed by atoms with Crippen molar-refractivity contribution < 1.29 is 9.18 Å². The maximum atomic E-state index is 15.0. The van der Waals surface area contributed by atoms with E-state index in [4.69, 9.17) is 0 Å². The minimum atomic E-state index is -1.44. The third-order valence-electron chi connectivity index (χ3n) is 3.66. The van der Waals surface area contributed by atoms with E-state index < -0.39 is 5.67 Å². The fourth-order valence-electron chi connectivity index (χ4n) is 2.55. The van der Waals surface area contributed by atoms with Gasteiger partial charge in [0, 0.05) is 18.0 Å². The fraction of sp³-hybridized carbons (Fsp3) is 0.500. The Morgan fingerprint density at radius 3 is 2.76 bits per heavy atom. The SMILES string of the molecule is CC(=O)c1ccccc1C(C)(F)C1CCNC1. The molecule has 2 rings (SSSR count). The van der Waals surface area contributed by atoms with Crippen LogP contribution in [0.15, 0.2) is 24.3 Å². The summed E-state index contributed by atoms with van der Waals surface area (Å²) < 4.78 is 15.0. The molecule has 0 bridgehead atoms. The molecule has 2 atom stereocenters. The van der Waals surface area contributed by atoms with Crippen LogP contribution in [0.4, 0.5) is 4.39 Å². The summed E-state index contributed by atoms with van der Waals surface area (Å²) >= 11 is 0. The van der Waals surface area contributed by atoms with E-state index in [9.17, 15) is 9.18 Å². The van der Waals surface area contributed by atoms with Crippen LogP contribution in [0.1, 0.15) is 36.2 Å². The molecule has 2 nitrogen and oxygen atoms in total. The summed E-state index contributed by atoms with van der Waals surface area (Å²) in [6, 6.07) is 7.01. The van der Waals surface area contributed by atoms with Crippen LogP contribution >= 0.6 is 0 Å². The quantitative estimate of drug-likeness (QED) is 0.816. The normalized spacial score (nSPS) is 23.4. The number of alkyl halides is 1. The van der Waals surface area contributed by atoms with Gasteiger partial charge in [-0.3, -0.25) is 4.79 Å². The minimum absolute atomic E-state index is 0.0528. The van der Waals surface area contributed by atoms with Gasteiger partial charge in [0.25, 0.3) is 0 Å². The maximum Gasteiger partial charge on any atom is 0.160 e. The Hall–Kier alpha value is -1.22. The zero-order chi connectivity index (χ0) is 12.5. The second-order valence-electron chi connectivity index (χ2n) is 4.87. The van der Waals surface area contributed by atoms with E-state index in [1.165, 1.54) is 6.92 Å². The molecule has 0 radical (unpaired) electrons. The van der Waals surface area contributed by atoms with Gasteiger partial charge in [0.2, 0.25) is 0 Å². The van der Waals surface area contributed by atoms with Crippen molar-refractivity contribution in [2.45, 2.75) is 25.9 Å². The lowest BCUT2D eigenvalue weighted by Crippen LogP contribution is -2.30. The van der Waals surface area contributed by atoms with Crippen LogP contribution in [0.3, 0.4) is 0 Å². The molecule has 1 N–H and O–H groups in total. The molecule has 0 aromatic heterocycles. The molecule has 1 heterocycles. The van der Waals surface area contributed by atoms with Crippen molar-refractivity contribution in [1.29, 1.82) is 0 Å². The molecule has 92 valence electrons. The van der Waals surface area contributed by atoms with Crippen LogP contribution in [-0.2, 0) is 5.67 Å². The van der Waals surface area contributed by atoms with Gasteiger partial charge in [-0.25, -0.2) is 4.39 Å². The zero-order valence-corrected chi connectivity index (χ0v) is 10.3. The van der Waals surface area contributed by atoms with Crippen LogP contribution < -0.4 is 5.32 Å². The van der Waals surface area contributed by atoms with Crippen LogP contribution in [0.25, 0.3) is 0 Å². The number of halogens is 1. The molecule has 3 heteroatoms. The molecule has 17 heavy (non-hydrogen) atoms. The Kier molecular flexibility index (Phi) is 3.29. The molecule has 1 aromatic carbocycles. The Labute approximate surface area is 101 Å². The molecule has 1 fully saturated rings. The number of rotatable bonds is 3. The van der Waals surface area contributed by atoms with Crippen LogP contribution in [-0.4, -0.2) is 18.9 Å². The molecule has 1 aromatic rings. The van der Waals surface area contributed by atoms with Crippen molar-refractivity contribution in [3.8, 4) is 0 Å². The second kappa shape index (κ2) is 4.57. The van der Waals surface area contributed by atoms with Crippen molar-refractivity contribution in [2.24, 2.45) is 5.92 Å². The number of hydrogen-bond donors (Lipinski definition) is 1. The minimum Gasteiger partial charge on any atom is -0.316 e. The highest BCUT2D eigenvalue weighted by atomic mass is 19.1. The Bertz CT molecular complexity index is 422. The number of carbonyl (C=O) groups excluding carboxylic acids is 1. The summed E-state index contributed by atoms with van der Waals surface area (Å²) in [7, 11) is 0. The summed E-state index contributed by atoms with van der Waals surface area (Å²) in [6.07, 6.45) is 0.819. The van der Waals surface area contributed by atoms with Gasteiger partial charge in [-0.1, -0.05) is 24.3 Å². The summed E-state index contributed by atoms with van der Waals surface area (Å²) in [4.78, 5) is 11.5. The standard InChI is InChI=1S/C14H18FNO/c1-10(17)12-5-3-4-6-13(12)14(2,15)11-7-8-16-9-11/h3-6,11,16H,7-9H2,1-2H3. The highest BCUT2D eigenvalue weighted by molar-refractivity contribution is 5.95. The average Bonchev–Trinajstić information content (AvgIpc) is 2.83. The Morgan fingerprint density at radius 1 is 1.47 bits per heavy atom. The number of Topliss-reactive ketones (excluding diaryl/α,β-unsaturated/α-hetero) is 1. The van der Waals surface area contributed by atoms with Gasteiger partial charge in [0.1, 0.15) is 5.67 Å². The highest BCUT2D eigenvalue weighted by Gasteiger charge is 2.39. The van der Waals surface area contributed by atoms with Gasteiger partial charge in [-0.15, -0.1) is 0 Å². The first-order valence-electron chi connectivity index (χ1n) is 6.03. The average molecular weight is 235 g/mol. The van der Waals surface area contributed by atoms with E-state index in [0.29, 0.717) is 17.7 Å². The van der Waals surface area contributed by atoms with Crippen molar-refractivity contribution in [1.82, 2.24) is 5.32 Å². The van der Waals surface area contributed by atoms with Gasteiger partial charge in [-0.05, 0) is 32.4 Å². The molecule has 1 saturated heterocycles. The predicted octanol–water partition coefficient (Wildman–Crippen LogP) is 2.68. The smallest absolute Gasteiger partial charge is 0.160 e. The lowest BCUT2D eigenvalue weighted by molar-refractivity contribution is 0.0965. The maximum absolute atomic E-state index is 15.0. The second-order valence-corrected chi connectivity index (χ2v) is 4.87. The number of benzene rings is 1. The molecule has 1 aliphatic heterocycles. The van der Waals surface area contributed by atoms with Crippen LogP contribution in [0.2, 0.25) is 0 Å². The van der Waals surface area contributed by atoms with Crippen molar-refractivity contribution in [3.63, 3.8) is 0 Å². The summed E-state index contributed by atoms with van der Waals surface area (Å²) in [5.41, 5.74) is -0.406. The van der Waals surface area contributed by atoms with Gasteiger partial charge in [0.15, 0.2) is 5.78 Å². The summed E-state index contributed by atoms with van der Waals surface area (Å²) in [6.45, 7) is 4.61. The largest absolute Gasteiger partial charge is 0.316 e. The molecule has 0 aliphatic carbocycles. The van der Waals surface area contributed by atoms with E-state index in [-0.39, 0.29) is 11.7 Å². The van der Waals surface area contributed by atoms with E-state index in [2.05, 4.69) is 5.32 Å². The number of nitrogens with one attached hydrogen (secondary N) is 1. The Morgan fingerprint density at radius 2 is 2.18 bits per heavy atom. The van der Waals surface area contributed by atoms with Gasteiger partial charge in [-0.2, -0.15) is 0 Å². The predicted molar refractivity (Wildman–Crippen MR) is 65.9 cm³/mol. The summed E-state index contributed by atoms with van der Waals surface area (Å²) in [5, 5.41) is 3.17. The molecule has 0 spiro atoms. The Balaban J connectivity index is 2.41. The van der Waals surface area contributed by atoms with Crippen molar-refractivity contribution >= 4 is 5.78 Å². The van der Waals surface area contributed by atoms with Crippen molar-refractivity contribution in [3.05, 3.63) is 35.4 Å². The number of hydrogen-bond acceptors (Lipinski definition) is 2. The summed E-state index contributed by atoms with van der Waals surface area (Å²) in [5.74, 6) is -0.126. The third-order valence-corrected chi connectivity index (χ3v) is 3.66. The lowest BCUT2D eigenvalue weighted by atomic mass is 9.81. The highest BCUT2D eigenvalue weighted by Crippen LogP contribution is 2.38. The van der Waals surface area contributed by atoms with Gasteiger partial charge < -0.3 is 5.32 Å². The number of ketones is 1. The first kappa shape index (κ1) is 12.2. The molecule has 0 saturated carbocycles. The van der Waals surface area contributed by atoms with Crippen molar-refractivity contribution in [2.75, 3.05) is 13.1 Å². The monoisotopic (exact) mass is 235 g/mol. The third kappa shape index (κ3) is 2.25. The number of carbonyl (C=O) groups is 1. The molecular formula is C14H18FNO. The fourth-order valence-corrected chi connectivity index (χ4v) is 2.55. The lowest BCUT2D eigenvalue weighted by Gasteiger charge is -2.28.